The Kier molecular flexibility index (Phi) is 1.99. The first kappa shape index (κ1) is 8.80. The van der Waals surface area contributed by atoms with Gasteiger partial charge in [-0.1, -0.05) is 0 Å². The van der Waals surface area contributed by atoms with E-state index in [2.05, 4.69) is 10.2 Å². The predicted octanol–water partition coefficient (Wildman–Crippen LogP) is 2.49. The van der Waals surface area contributed by atoms with Gasteiger partial charge in [0.25, 0.3) is 0 Å². The second-order valence-corrected chi connectivity index (χ2v) is 2.71. The van der Waals surface area contributed by atoms with Gasteiger partial charge in [-0.15, -0.1) is 0 Å². The van der Waals surface area contributed by atoms with E-state index in [1.165, 1.54) is 12.4 Å². The van der Waals surface area contributed by atoms with Crippen molar-refractivity contribution in [1.29, 1.82) is 0 Å². The first-order chi connectivity index (χ1) is 6.70. The third kappa shape index (κ3) is 1.26. The highest BCUT2D eigenvalue weighted by Crippen LogP contribution is 2.26. The van der Waals surface area contributed by atoms with Crippen molar-refractivity contribution in [1.82, 2.24) is 10.2 Å². The van der Waals surface area contributed by atoms with Crippen LogP contribution in [0.1, 0.15) is 0 Å². The summed E-state index contributed by atoms with van der Waals surface area (Å²) in [6.45, 7) is 0. The summed E-state index contributed by atoms with van der Waals surface area (Å²) in [5, 5.41) is 5.93. The molecule has 1 aromatic carbocycles. The average Bonchev–Trinajstić information content (AvgIpc) is 2.65. The van der Waals surface area contributed by atoms with Crippen molar-refractivity contribution in [3.8, 4) is 11.1 Å². The van der Waals surface area contributed by atoms with Crippen molar-refractivity contribution in [2.45, 2.75) is 0 Å². The molecule has 0 spiro atoms. The molecule has 1 N–H and O–H groups in total. The number of benzene rings is 1. The first-order valence-electron chi connectivity index (χ1n) is 3.83. The van der Waals surface area contributed by atoms with Gasteiger partial charge in [-0.05, 0) is 12.1 Å². The average molecular weight is 198 g/mol. The molecule has 2 aromatic rings. The SMILES string of the molecule is Fc1ccc(F)c(-c2cn[nH]c2)c1F. The molecule has 0 fully saturated rings. The fraction of sp³-hybridized carbons (Fsp3) is 0. The summed E-state index contributed by atoms with van der Waals surface area (Å²) in [5.41, 5.74) is -0.224. The van der Waals surface area contributed by atoms with E-state index in [9.17, 15) is 13.2 Å². The quantitative estimate of drug-likeness (QED) is 0.700. The Morgan fingerprint density at radius 2 is 1.79 bits per heavy atom. The van der Waals surface area contributed by atoms with Crippen molar-refractivity contribution in [2.24, 2.45) is 0 Å². The minimum atomic E-state index is -1.20. The normalized spacial score (nSPS) is 10.5. The lowest BCUT2D eigenvalue weighted by Crippen LogP contribution is -1.92. The van der Waals surface area contributed by atoms with Crippen LogP contribution in [0.25, 0.3) is 11.1 Å². The minimum absolute atomic E-state index is 0.180. The van der Waals surface area contributed by atoms with Gasteiger partial charge in [0.05, 0.1) is 11.8 Å². The van der Waals surface area contributed by atoms with E-state index < -0.39 is 23.0 Å². The van der Waals surface area contributed by atoms with Crippen LogP contribution in [0.3, 0.4) is 0 Å². The molecular weight excluding hydrogens is 193 g/mol. The van der Waals surface area contributed by atoms with Gasteiger partial charge in [-0.2, -0.15) is 5.10 Å². The maximum absolute atomic E-state index is 13.2. The van der Waals surface area contributed by atoms with E-state index in [-0.39, 0.29) is 5.56 Å². The van der Waals surface area contributed by atoms with Crippen molar-refractivity contribution < 1.29 is 13.2 Å². The standard InChI is InChI=1S/C9H5F3N2/c10-6-1-2-7(11)9(12)8(6)5-3-13-14-4-5/h1-4H,(H,13,14). The highest BCUT2D eigenvalue weighted by Gasteiger charge is 2.15. The van der Waals surface area contributed by atoms with Gasteiger partial charge in [0.15, 0.2) is 11.6 Å². The monoisotopic (exact) mass is 198 g/mol. The Bertz CT molecular complexity index is 451. The summed E-state index contributed by atoms with van der Waals surface area (Å²) >= 11 is 0. The van der Waals surface area contributed by atoms with Crippen LogP contribution in [0, 0.1) is 17.5 Å². The Morgan fingerprint density at radius 3 is 2.43 bits per heavy atom. The number of halogens is 3. The first-order valence-corrected chi connectivity index (χ1v) is 3.83. The van der Waals surface area contributed by atoms with E-state index in [4.69, 9.17) is 0 Å². The van der Waals surface area contributed by atoms with Crippen molar-refractivity contribution in [3.63, 3.8) is 0 Å². The van der Waals surface area contributed by atoms with Crippen molar-refractivity contribution >= 4 is 0 Å². The van der Waals surface area contributed by atoms with Crippen LogP contribution in [0.5, 0.6) is 0 Å². The van der Waals surface area contributed by atoms with Crippen molar-refractivity contribution in [2.75, 3.05) is 0 Å². The molecule has 0 bridgehead atoms. The molecule has 0 saturated carbocycles. The minimum Gasteiger partial charge on any atom is -0.285 e. The molecule has 5 heteroatoms. The van der Waals surface area contributed by atoms with E-state index in [1.54, 1.807) is 0 Å². The van der Waals surface area contributed by atoms with Crippen LogP contribution in [0.15, 0.2) is 24.5 Å². The number of hydrogen-bond acceptors (Lipinski definition) is 1. The maximum Gasteiger partial charge on any atom is 0.169 e. The number of aromatic amines is 1. The number of rotatable bonds is 1. The largest absolute Gasteiger partial charge is 0.285 e. The molecule has 0 amide bonds. The van der Waals surface area contributed by atoms with E-state index in [1.807, 2.05) is 0 Å². The molecule has 0 aliphatic rings. The summed E-state index contributed by atoms with van der Waals surface area (Å²) in [6.07, 6.45) is 2.52. The zero-order chi connectivity index (χ0) is 10.1. The molecule has 0 aliphatic heterocycles. The van der Waals surface area contributed by atoms with Gasteiger partial charge in [-0.25, -0.2) is 13.2 Å². The molecular formula is C9H5F3N2. The van der Waals surface area contributed by atoms with Gasteiger partial charge >= 0.3 is 0 Å². The molecule has 2 nitrogen and oxygen atoms in total. The third-order valence-corrected chi connectivity index (χ3v) is 1.83. The van der Waals surface area contributed by atoms with Crippen LogP contribution in [-0.4, -0.2) is 10.2 Å². The van der Waals surface area contributed by atoms with E-state index in [0.29, 0.717) is 0 Å². The Hall–Kier alpha value is -1.78. The fourth-order valence-corrected chi connectivity index (χ4v) is 1.18. The molecule has 0 atom stereocenters. The maximum atomic E-state index is 13.2. The summed E-state index contributed by atoms with van der Waals surface area (Å²) < 4.78 is 39.1. The second kappa shape index (κ2) is 3.17. The Morgan fingerprint density at radius 1 is 1.07 bits per heavy atom. The smallest absolute Gasteiger partial charge is 0.169 e. The van der Waals surface area contributed by atoms with Gasteiger partial charge in [-0.3, -0.25) is 5.10 Å². The topological polar surface area (TPSA) is 28.7 Å². The molecule has 72 valence electrons. The molecule has 1 heterocycles. The molecule has 14 heavy (non-hydrogen) atoms. The van der Waals surface area contributed by atoms with Gasteiger partial charge in [0.2, 0.25) is 0 Å². The number of H-pyrrole nitrogens is 1. The van der Waals surface area contributed by atoms with Gasteiger partial charge < -0.3 is 0 Å². The van der Waals surface area contributed by atoms with E-state index >= 15 is 0 Å². The van der Waals surface area contributed by atoms with Crippen LogP contribution in [0.2, 0.25) is 0 Å². The second-order valence-electron chi connectivity index (χ2n) is 2.71. The summed E-state index contributed by atoms with van der Waals surface area (Å²) in [6, 6.07) is 1.62. The third-order valence-electron chi connectivity index (χ3n) is 1.83. The summed E-state index contributed by atoms with van der Waals surface area (Å²) in [4.78, 5) is 0. The molecule has 0 saturated heterocycles. The summed E-state index contributed by atoms with van der Waals surface area (Å²) in [7, 11) is 0. The Labute approximate surface area is 77.4 Å². The molecule has 1 aromatic heterocycles. The zero-order valence-electron chi connectivity index (χ0n) is 6.89. The number of hydrogen-bond donors (Lipinski definition) is 1. The zero-order valence-corrected chi connectivity index (χ0v) is 6.89. The number of nitrogens with one attached hydrogen (secondary N) is 1. The highest BCUT2D eigenvalue weighted by molar-refractivity contribution is 5.63. The highest BCUT2D eigenvalue weighted by atomic mass is 19.2. The predicted molar refractivity (Wildman–Crippen MR) is 43.9 cm³/mol. The van der Waals surface area contributed by atoms with Crippen LogP contribution in [0.4, 0.5) is 13.2 Å². The molecule has 0 aliphatic carbocycles. The Balaban J connectivity index is 2.69. The lowest BCUT2D eigenvalue weighted by Gasteiger charge is -2.01. The van der Waals surface area contributed by atoms with Crippen LogP contribution < -0.4 is 0 Å². The lowest BCUT2D eigenvalue weighted by atomic mass is 10.1. The molecule has 0 radical (unpaired) electrons. The van der Waals surface area contributed by atoms with Gasteiger partial charge in [0.1, 0.15) is 5.82 Å². The van der Waals surface area contributed by atoms with Crippen LogP contribution in [-0.2, 0) is 0 Å². The lowest BCUT2D eigenvalue weighted by molar-refractivity contribution is 0.499. The summed E-state index contributed by atoms with van der Waals surface area (Å²) in [5.74, 6) is -3.10. The molecule has 2 rings (SSSR count). The fourth-order valence-electron chi connectivity index (χ4n) is 1.18. The van der Waals surface area contributed by atoms with Crippen molar-refractivity contribution in [3.05, 3.63) is 42.0 Å². The van der Waals surface area contributed by atoms with E-state index in [0.717, 1.165) is 12.1 Å². The molecule has 0 unspecified atom stereocenters. The number of aromatic nitrogens is 2. The number of nitrogens with zero attached hydrogens (tertiary/aromatic N) is 1. The van der Waals surface area contributed by atoms with Crippen LogP contribution >= 0.6 is 0 Å². The van der Waals surface area contributed by atoms with Gasteiger partial charge in [0, 0.05) is 11.8 Å².